The zero-order chi connectivity index (χ0) is 15.0. The summed E-state index contributed by atoms with van der Waals surface area (Å²) in [5.74, 6) is -1.11. The molecule has 0 saturated heterocycles. The van der Waals surface area contributed by atoms with Crippen LogP contribution in [0.2, 0.25) is 0 Å². The second-order valence-corrected chi connectivity index (χ2v) is 4.72. The Morgan fingerprint density at radius 2 is 2.00 bits per heavy atom. The Labute approximate surface area is 117 Å². The lowest BCUT2D eigenvalue weighted by Crippen LogP contribution is -2.52. The van der Waals surface area contributed by atoms with E-state index in [4.69, 9.17) is 10.5 Å². The molecule has 0 heterocycles. The normalized spacial score (nSPS) is 13.3. The summed E-state index contributed by atoms with van der Waals surface area (Å²) in [5, 5.41) is 11.6. The second kappa shape index (κ2) is 7.49. The van der Waals surface area contributed by atoms with Crippen LogP contribution in [0.25, 0.3) is 0 Å². The topological polar surface area (TPSA) is 102 Å². The van der Waals surface area contributed by atoms with Gasteiger partial charge in [-0.25, -0.2) is 9.59 Å². The van der Waals surface area contributed by atoms with Crippen molar-refractivity contribution in [1.29, 1.82) is 0 Å². The minimum Gasteiger partial charge on any atom is -0.480 e. The number of alkyl carbamates (subject to hydrolysis) is 1. The molecule has 0 aromatic heterocycles. The van der Waals surface area contributed by atoms with Crippen molar-refractivity contribution in [1.82, 2.24) is 5.32 Å². The van der Waals surface area contributed by atoms with Crippen LogP contribution in [-0.4, -0.2) is 29.3 Å². The molecule has 0 fully saturated rings. The number of aliphatic carboxylic acids is 1. The molecule has 0 aliphatic rings. The third-order valence-electron chi connectivity index (χ3n) is 2.94. The Morgan fingerprint density at radius 3 is 2.55 bits per heavy atom. The number of nitrogens with two attached hydrogens (primary N) is 1. The van der Waals surface area contributed by atoms with E-state index in [0.717, 1.165) is 5.56 Å². The summed E-state index contributed by atoms with van der Waals surface area (Å²) in [5.41, 5.74) is 4.83. The highest BCUT2D eigenvalue weighted by Crippen LogP contribution is 2.13. The molecule has 0 bridgehead atoms. The standard InChI is InChI=1S/C14H20N2O4/c1-14(12(17)18,8-5-9-15)16-13(19)20-10-11-6-3-2-4-7-11/h2-4,6-7H,5,8-10,15H2,1H3,(H,16,19)(H,17,18). The van der Waals surface area contributed by atoms with Crippen LogP contribution in [0, 0.1) is 0 Å². The minimum absolute atomic E-state index is 0.0965. The first-order chi connectivity index (χ1) is 9.48. The average molecular weight is 280 g/mol. The Morgan fingerprint density at radius 1 is 1.35 bits per heavy atom. The van der Waals surface area contributed by atoms with E-state index in [1.165, 1.54) is 6.92 Å². The Hall–Kier alpha value is -2.08. The van der Waals surface area contributed by atoms with Crippen molar-refractivity contribution < 1.29 is 19.4 Å². The maximum absolute atomic E-state index is 11.7. The zero-order valence-electron chi connectivity index (χ0n) is 11.5. The Kier molecular flexibility index (Phi) is 5.99. The predicted molar refractivity (Wildman–Crippen MR) is 74.1 cm³/mol. The number of nitrogens with one attached hydrogen (secondary N) is 1. The molecule has 110 valence electrons. The fourth-order valence-corrected chi connectivity index (χ4v) is 1.66. The van der Waals surface area contributed by atoms with E-state index in [9.17, 15) is 14.7 Å². The van der Waals surface area contributed by atoms with Crippen LogP contribution in [0.1, 0.15) is 25.3 Å². The predicted octanol–water partition coefficient (Wildman–Crippen LogP) is 1.49. The SMILES string of the molecule is CC(CCCN)(NC(=O)OCc1ccccc1)C(=O)O. The van der Waals surface area contributed by atoms with E-state index in [2.05, 4.69) is 5.32 Å². The molecule has 20 heavy (non-hydrogen) atoms. The van der Waals surface area contributed by atoms with Crippen LogP contribution >= 0.6 is 0 Å². The van der Waals surface area contributed by atoms with Crippen molar-refractivity contribution in [3.8, 4) is 0 Å². The molecule has 1 aromatic rings. The van der Waals surface area contributed by atoms with Gasteiger partial charge in [0, 0.05) is 0 Å². The number of benzene rings is 1. The second-order valence-electron chi connectivity index (χ2n) is 4.72. The molecule has 0 spiro atoms. The van der Waals surface area contributed by atoms with Crippen LogP contribution < -0.4 is 11.1 Å². The van der Waals surface area contributed by atoms with Gasteiger partial charge in [0.15, 0.2) is 0 Å². The summed E-state index contributed by atoms with van der Waals surface area (Å²) in [7, 11) is 0. The highest BCUT2D eigenvalue weighted by molar-refractivity contribution is 5.83. The molecule has 0 saturated carbocycles. The quantitative estimate of drug-likeness (QED) is 0.702. The van der Waals surface area contributed by atoms with Gasteiger partial charge in [-0.3, -0.25) is 0 Å². The first-order valence-electron chi connectivity index (χ1n) is 6.40. The van der Waals surface area contributed by atoms with Gasteiger partial charge in [0.25, 0.3) is 0 Å². The number of hydrogen-bond donors (Lipinski definition) is 3. The molecule has 4 N–H and O–H groups in total. The number of carbonyl (C=O) groups is 2. The number of rotatable bonds is 7. The summed E-state index contributed by atoms with van der Waals surface area (Å²) < 4.78 is 5.01. The maximum atomic E-state index is 11.7. The molecule has 6 nitrogen and oxygen atoms in total. The highest BCUT2D eigenvalue weighted by atomic mass is 16.5. The van der Waals surface area contributed by atoms with Crippen LogP contribution in [0.4, 0.5) is 4.79 Å². The van der Waals surface area contributed by atoms with Gasteiger partial charge in [0.2, 0.25) is 0 Å². The van der Waals surface area contributed by atoms with E-state index >= 15 is 0 Å². The minimum atomic E-state index is -1.37. The lowest BCUT2D eigenvalue weighted by molar-refractivity contribution is -0.144. The molecule has 1 aromatic carbocycles. The van der Waals surface area contributed by atoms with E-state index in [-0.39, 0.29) is 13.0 Å². The van der Waals surface area contributed by atoms with Gasteiger partial charge in [0.05, 0.1) is 0 Å². The van der Waals surface area contributed by atoms with Gasteiger partial charge >= 0.3 is 12.1 Å². The van der Waals surface area contributed by atoms with Crippen LogP contribution in [-0.2, 0) is 16.1 Å². The molecular weight excluding hydrogens is 260 g/mol. The van der Waals surface area contributed by atoms with E-state index in [1.807, 2.05) is 30.3 Å². The number of carboxylic acids is 1. The van der Waals surface area contributed by atoms with Gasteiger partial charge in [-0.1, -0.05) is 30.3 Å². The lowest BCUT2D eigenvalue weighted by Gasteiger charge is -2.25. The molecule has 6 heteroatoms. The van der Waals surface area contributed by atoms with E-state index in [0.29, 0.717) is 13.0 Å². The largest absolute Gasteiger partial charge is 0.480 e. The van der Waals surface area contributed by atoms with Crippen LogP contribution in [0.15, 0.2) is 30.3 Å². The maximum Gasteiger partial charge on any atom is 0.408 e. The molecule has 1 unspecified atom stereocenters. The average Bonchev–Trinajstić information content (AvgIpc) is 2.44. The van der Waals surface area contributed by atoms with E-state index in [1.54, 1.807) is 0 Å². The number of ether oxygens (including phenoxy) is 1. The van der Waals surface area contributed by atoms with Crippen molar-refractivity contribution in [3.05, 3.63) is 35.9 Å². The smallest absolute Gasteiger partial charge is 0.408 e. The number of carbonyl (C=O) groups excluding carboxylic acids is 1. The van der Waals surface area contributed by atoms with Crippen molar-refractivity contribution in [3.63, 3.8) is 0 Å². The Balaban J connectivity index is 2.52. The van der Waals surface area contributed by atoms with Gasteiger partial charge in [-0.2, -0.15) is 0 Å². The molecule has 1 atom stereocenters. The van der Waals surface area contributed by atoms with Gasteiger partial charge in [-0.05, 0) is 31.9 Å². The first-order valence-corrected chi connectivity index (χ1v) is 6.40. The molecule has 1 amide bonds. The van der Waals surface area contributed by atoms with Crippen molar-refractivity contribution >= 4 is 12.1 Å². The summed E-state index contributed by atoms with van der Waals surface area (Å²) in [6.07, 6.45) is -0.00289. The van der Waals surface area contributed by atoms with Crippen LogP contribution in [0.5, 0.6) is 0 Å². The molecular formula is C14H20N2O4. The lowest BCUT2D eigenvalue weighted by atomic mass is 9.96. The van der Waals surface area contributed by atoms with Gasteiger partial charge < -0.3 is 20.9 Å². The number of carboxylic acid groups (broad SMARTS) is 1. The van der Waals surface area contributed by atoms with Crippen LogP contribution in [0.3, 0.4) is 0 Å². The van der Waals surface area contributed by atoms with E-state index < -0.39 is 17.6 Å². The van der Waals surface area contributed by atoms with Crippen molar-refractivity contribution in [2.75, 3.05) is 6.54 Å². The summed E-state index contributed by atoms with van der Waals surface area (Å²) in [4.78, 5) is 22.9. The number of amides is 1. The third kappa shape index (κ3) is 4.89. The molecule has 1 rings (SSSR count). The first kappa shape index (κ1) is 16.0. The third-order valence-corrected chi connectivity index (χ3v) is 2.94. The van der Waals surface area contributed by atoms with Crippen molar-refractivity contribution in [2.24, 2.45) is 5.73 Å². The zero-order valence-corrected chi connectivity index (χ0v) is 11.5. The molecule has 0 radical (unpaired) electrons. The highest BCUT2D eigenvalue weighted by Gasteiger charge is 2.34. The fourth-order valence-electron chi connectivity index (χ4n) is 1.66. The summed E-state index contributed by atoms with van der Waals surface area (Å²) in [6.45, 7) is 1.90. The van der Waals surface area contributed by atoms with Gasteiger partial charge in [0.1, 0.15) is 12.1 Å². The van der Waals surface area contributed by atoms with Gasteiger partial charge in [-0.15, -0.1) is 0 Å². The molecule has 0 aliphatic carbocycles. The fraction of sp³-hybridized carbons (Fsp3) is 0.429. The summed E-state index contributed by atoms with van der Waals surface area (Å²) in [6, 6.07) is 9.16. The molecule has 0 aliphatic heterocycles. The number of hydrogen-bond acceptors (Lipinski definition) is 4. The monoisotopic (exact) mass is 280 g/mol. The summed E-state index contributed by atoms with van der Waals surface area (Å²) >= 11 is 0. The van der Waals surface area contributed by atoms with Crippen molar-refractivity contribution in [2.45, 2.75) is 31.9 Å². The Bertz CT molecular complexity index is 450.